The largest absolute Gasteiger partial charge is 0.480 e. The maximum Gasteiger partial charge on any atom is 0.254 e. The molecule has 1 radical (unpaired) electrons. The van der Waals surface area contributed by atoms with Gasteiger partial charge in [-0.1, -0.05) is 0 Å². The van der Waals surface area contributed by atoms with Gasteiger partial charge in [0.1, 0.15) is 5.56 Å². The Morgan fingerprint density at radius 3 is 3.00 bits per heavy atom. The summed E-state index contributed by atoms with van der Waals surface area (Å²) in [6.45, 7) is 0. The van der Waals surface area contributed by atoms with Gasteiger partial charge >= 0.3 is 0 Å². The van der Waals surface area contributed by atoms with E-state index in [1.165, 1.54) is 19.4 Å². The summed E-state index contributed by atoms with van der Waals surface area (Å²) >= 11 is 0. The molecule has 0 bridgehead atoms. The number of hydrogen-bond acceptors (Lipinski definition) is 3. The summed E-state index contributed by atoms with van der Waals surface area (Å²) in [5.41, 5.74) is 5.18. The van der Waals surface area contributed by atoms with Gasteiger partial charge in [0.05, 0.1) is 7.11 Å². The molecule has 2 N–H and O–H groups in total. The summed E-state index contributed by atoms with van der Waals surface area (Å²) < 4.78 is 4.76. The first kappa shape index (κ1) is 7.53. The van der Waals surface area contributed by atoms with Crippen molar-refractivity contribution in [1.82, 2.24) is 4.98 Å². The number of carbonyl (C=O) groups is 1. The lowest BCUT2D eigenvalue weighted by molar-refractivity contribution is 0.0996. The van der Waals surface area contributed by atoms with Crippen molar-refractivity contribution in [3.05, 3.63) is 23.9 Å². The molecule has 1 amide bonds. The van der Waals surface area contributed by atoms with Crippen LogP contribution >= 0.6 is 0 Å². The van der Waals surface area contributed by atoms with Crippen molar-refractivity contribution in [1.29, 1.82) is 0 Å². The smallest absolute Gasteiger partial charge is 0.254 e. The van der Waals surface area contributed by atoms with Crippen LogP contribution in [0.2, 0.25) is 0 Å². The summed E-state index contributed by atoms with van der Waals surface area (Å²) in [5, 5.41) is 0. The molecule has 1 aromatic heterocycles. The van der Waals surface area contributed by atoms with Crippen LogP contribution in [0.1, 0.15) is 10.4 Å². The fourth-order valence-corrected chi connectivity index (χ4v) is 0.683. The van der Waals surface area contributed by atoms with E-state index in [4.69, 9.17) is 10.5 Å². The molecule has 0 saturated carbocycles. The third-order valence-corrected chi connectivity index (χ3v) is 1.15. The van der Waals surface area contributed by atoms with E-state index < -0.39 is 5.91 Å². The van der Waals surface area contributed by atoms with Crippen LogP contribution in [-0.4, -0.2) is 18.0 Å². The maximum atomic E-state index is 10.7. The van der Waals surface area contributed by atoms with Crippen molar-refractivity contribution in [3.8, 4) is 5.88 Å². The van der Waals surface area contributed by atoms with Crippen LogP contribution in [0.15, 0.2) is 12.3 Å². The highest BCUT2D eigenvalue weighted by Crippen LogP contribution is 2.10. The number of carbonyl (C=O) groups excluding carboxylic acids is 1. The zero-order valence-corrected chi connectivity index (χ0v) is 6.00. The number of ether oxygens (including phenoxy) is 1. The molecule has 0 unspecified atom stereocenters. The molecule has 1 rings (SSSR count). The molecule has 0 aliphatic carbocycles. The van der Waals surface area contributed by atoms with Gasteiger partial charge in [0, 0.05) is 12.3 Å². The first-order chi connectivity index (χ1) is 5.25. The molecule has 4 heteroatoms. The number of pyridine rings is 1. The zero-order valence-electron chi connectivity index (χ0n) is 6.00. The van der Waals surface area contributed by atoms with Gasteiger partial charge in [-0.25, -0.2) is 4.98 Å². The quantitative estimate of drug-likeness (QED) is 0.646. The van der Waals surface area contributed by atoms with Gasteiger partial charge in [0.15, 0.2) is 0 Å². The number of nitrogens with two attached hydrogens (primary N) is 1. The first-order valence-corrected chi connectivity index (χ1v) is 2.96. The second-order valence-electron chi connectivity index (χ2n) is 1.84. The molecule has 0 spiro atoms. The summed E-state index contributed by atoms with van der Waals surface area (Å²) in [6.07, 6.45) is 1.48. The molecular formula is C7H7N2O2. The lowest BCUT2D eigenvalue weighted by atomic mass is 10.2. The minimum atomic E-state index is -0.588. The van der Waals surface area contributed by atoms with E-state index in [9.17, 15) is 4.79 Å². The molecule has 0 aliphatic rings. The molecule has 0 aliphatic heterocycles. The summed E-state index contributed by atoms with van der Waals surface area (Å²) in [4.78, 5) is 14.4. The van der Waals surface area contributed by atoms with Crippen LogP contribution in [0.5, 0.6) is 5.88 Å². The highest BCUT2D eigenvalue weighted by atomic mass is 16.5. The Kier molecular flexibility index (Phi) is 2.06. The van der Waals surface area contributed by atoms with Crippen molar-refractivity contribution in [2.24, 2.45) is 5.73 Å². The van der Waals surface area contributed by atoms with Gasteiger partial charge in [0.25, 0.3) is 5.91 Å². The molecular weight excluding hydrogens is 144 g/mol. The first-order valence-electron chi connectivity index (χ1n) is 2.96. The van der Waals surface area contributed by atoms with Crippen molar-refractivity contribution in [2.45, 2.75) is 0 Å². The van der Waals surface area contributed by atoms with Crippen LogP contribution in [-0.2, 0) is 0 Å². The Morgan fingerprint density at radius 2 is 2.55 bits per heavy atom. The van der Waals surface area contributed by atoms with Gasteiger partial charge in [-0.2, -0.15) is 0 Å². The molecule has 0 aromatic carbocycles. The van der Waals surface area contributed by atoms with E-state index in [1.54, 1.807) is 0 Å². The zero-order chi connectivity index (χ0) is 8.27. The topological polar surface area (TPSA) is 65.2 Å². The fraction of sp³-hybridized carbons (Fsp3) is 0.143. The highest BCUT2D eigenvalue weighted by Gasteiger charge is 2.07. The van der Waals surface area contributed by atoms with Crippen molar-refractivity contribution >= 4 is 5.91 Å². The molecule has 0 fully saturated rings. The maximum absolute atomic E-state index is 10.7. The second kappa shape index (κ2) is 3.01. The SMILES string of the molecule is COc1ncc[c]c1C(N)=O. The van der Waals surface area contributed by atoms with E-state index in [-0.39, 0.29) is 11.4 Å². The fourth-order valence-electron chi connectivity index (χ4n) is 0.683. The molecule has 57 valence electrons. The van der Waals surface area contributed by atoms with E-state index >= 15 is 0 Å². The Balaban J connectivity index is 3.12. The average Bonchev–Trinajstić information content (AvgIpc) is 2.04. The van der Waals surface area contributed by atoms with Crippen LogP contribution in [0.4, 0.5) is 0 Å². The van der Waals surface area contributed by atoms with Crippen molar-refractivity contribution in [2.75, 3.05) is 7.11 Å². The van der Waals surface area contributed by atoms with E-state index in [0.717, 1.165) is 0 Å². The molecule has 11 heavy (non-hydrogen) atoms. The van der Waals surface area contributed by atoms with Crippen LogP contribution < -0.4 is 10.5 Å². The second-order valence-corrected chi connectivity index (χ2v) is 1.84. The molecule has 0 saturated heterocycles. The summed E-state index contributed by atoms with van der Waals surface area (Å²) in [5.74, 6) is -0.380. The lowest BCUT2D eigenvalue weighted by Crippen LogP contribution is -2.13. The summed E-state index contributed by atoms with van der Waals surface area (Å²) in [7, 11) is 1.42. The predicted molar refractivity (Wildman–Crippen MR) is 38.1 cm³/mol. The minimum Gasteiger partial charge on any atom is -0.480 e. The third-order valence-electron chi connectivity index (χ3n) is 1.15. The number of rotatable bonds is 2. The lowest BCUT2D eigenvalue weighted by Gasteiger charge is -2.00. The van der Waals surface area contributed by atoms with Gasteiger partial charge in [-0.3, -0.25) is 4.79 Å². The molecule has 1 heterocycles. The van der Waals surface area contributed by atoms with Crippen molar-refractivity contribution in [3.63, 3.8) is 0 Å². The number of nitrogens with zero attached hydrogens (tertiary/aromatic N) is 1. The predicted octanol–water partition coefficient (Wildman–Crippen LogP) is -0.0107. The van der Waals surface area contributed by atoms with Crippen LogP contribution in [0.25, 0.3) is 0 Å². The third kappa shape index (κ3) is 1.46. The number of primary amides is 1. The van der Waals surface area contributed by atoms with E-state index in [1.807, 2.05) is 0 Å². The number of amides is 1. The Morgan fingerprint density at radius 1 is 1.82 bits per heavy atom. The number of methoxy groups -OCH3 is 1. The van der Waals surface area contributed by atoms with E-state index in [0.29, 0.717) is 0 Å². The Bertz CT molecular complexity index is 273. The minimum absolute atomic E-state index is 0.176. The Hall–Kier alpha value is -1.58. The van der Waals surface area contributed by atoms with Crippen molar-refractivity contribution < 1.29 is 9.53 Å². The monoisotopic (exact) mass is 151 g/mol. The average molecular weight is 151 g/mol. The van der Waals surface area contributed by atoms with Gasteiger partial charge in [-0.15, -0.1) is 0 Å². The van der Waals surface area contributed by atoms with Gasteiger partial charge < -0.3 is 10.5 Å². The summed E-state index contributed by atoms with van der Waals surface area (Å²) in [6, 6.07) is 4.13. The Labute approximate surface area is 64.0 Å². The molecule has 4 nitrogen and oxygen atoms in total. The molecule has 0 atom stereocenters. The normalized spacial score (nSPS) is 9.18. The van der Waals surface area contributed by atoms with Crippen LogP contribution in [0.3, 0.4) is 0 Å². The van der Waals surface area contributed by atoms with Crippen LogP contribution in [0, 0.1) is 6.07 Å². The molecule has 1 aromatic rings. The van der Waals surface area contributed by atoms with Gasteiger partial charge in [0.2, 0.25) is 5.88 Å². The number of aromatic nitrogens is 1. The standard InChI is InChI=1S/C7H7N2O2/c1-11-7-5(6(8)10)3-2-4-9-7/h2,4H,1H3,(H2,8,10). The highest BCUT2D eigenvalue weighted by molar-refractivity contribution is 5.94. The number of hydrogen-bond donors (Lipinski definition) is 1. The van der Waals surface area contributed by atoms with E-state index in [2.05, 4.69) is 11.1 Å². The van der Waals surface area contributed by atoms with Gasteiger partial charge in [-0.05, 0) is 6.07 Å².